The number of fused-ring (bicyclic) bond motifs is 1. The molecule has 0 fully saturated rings. The van der Waals surface area contributed by atoms with E-state index in [0.29, 0.717) is 12.5 Å². The molecule has 0 spiro atoms. The Labute approximate surface area is 94.3 Å². The van der Waals surface area contributed by atoms with Crippen molar-refractivity contribution in [3.05, 3.63) is 29.8 Å². The SMILES string of the molecule is COCC(NN)C1CSc2ccccc21. The van der Waals surface area contributed by atoms with Crippen molar-refractivity contribution >= 4 is 11.8 Å². The van der Waals surface area contributed by atoms with Gasteiger partial charge in [0.2, 0.25) is 0 Å². The lowest BCUT2D eigenvalue weighted by Gasteiger charge is -2.22. The molecule has 82 valence electrons. The van der Waals surface area contributed by atoms with Gasteiger partial charge in [-0.25, -0.2) is 0 Å². The van der Waals surface area contributed by atoms with Crippen LogP contribution >= 0.6 is 11.8 Å². The highest BCUT2D eigenvalue weighted by Crippen LogP contribution is 2.40. The molecule has 0 radical (unpaired) electrons. The number of benzene rings is 1. The summed E-state index contributed by atoms with van der Waals surface area (Å²) in [7, 11) is 1.71. The Morgan fingerprint density at radius 1 is 1.60 bits per heavy atom. The summed E-state index contributed by atoms with van der Waals surface area (Å²) in [5.74, 6) is 7.09. The number of ether oxygens (including phenoxy) is 1. The fourth-order valence-electron chi connectivity index (χ4n) is 1.98. The minimum Gasteiger partial charge on any atom is -0.383 e. The van der Waals surface area contributed by atoms with Crippen molar-refractivity contribution in [3.63, 3.8) is 0 Å². The average molecular weight is 224 g/mol. The molecule has 1 aliphatic rings. The van der Waals surface area contributed by atoms with E-state index in [2.05, 4.69) is 29.7 Å². The van der Waals surface area contributed by atoms with Gasteiger partial charge < -0.3 is 4.74 Å². The first-order valence-electron chi connectivity index (χ1n) is 5.03. The van der Waals surface area contributed by atoms with Crippen LogP contribution in [0.3, 0.4) is 0 Å². The summed E-state index contributed by atoms with van der Waals surface area (Å²) in [6.45, 7) is 0.649. The first-order valence-corrected chi connectivity index (χ1v) is 6.02. The van der Waals surface area contributed by atoms with Gasteiger partial charge in [0.25, 0.3) is 0 Å². The normalized spacial score (nSPS) is 21.3. The Kier molecular flexibility index (Phi) is 3.64. The first kappa shape index (κ1) is 11.0. The number of hydrazine groups is 1. The van der Waals surface area contributed by atoms with Crippen molar-refractivity contribution in [3.8, 4) is 0 Å². The van der Waals surface area contributed by atoms with Gasteiger partial charge in [-0.2, -0.15) is 0 Å². The van der Waals surface area contributed by atoms with E-state index in [0.717, 1.165) is 5.75 Å². The van der Waals surface area contributed by atoms with Crippen LogP contribution in [0.2, 0.25) is 0 Å². The van der Waals surface area contributed by atoms with E-state index in [1.807, 2.05) is 11.8 Å². The Hall–Kier alpha value is -0.550. The summed E-state index contributed by atoms with van der Waals surface area (Å²) >= 11 is 1.89. The first-order chi connectivity index (χ1) is 7.36. The van der Waals surface area contributed by atoms with Gasteiger partial charge in [0.05, 0.1) is 12.6 Å². The molecule has 0 amide bonds. The maximum absolute atomic E-state index is 5.56. The zero-order valence-corrected chi connectivity index (χ0v) is 9.59. The minimum atomic E-state index is 0.200. The smallest absolute Gasteiger partial charge is 0.0635 e. The lowest BCUT2D eigenvalue weighted by Crippen LogP contribution is -2.43. The number of nitrogens with two attached hydrogens (primary N) is 1. The summed E-state index contributed by atoms with van der Waals surface area (Å²) in [6.07, 6.45) is 0. The van der Waals surface area contributed by atoms with Crippen molar-refractivity contribution < 1.29 is 4.74 Å². The molecule has 0 saturated heterocycles. The lowest BCUT2D eigenvalue weighted by atomic mass is 9.94. The van der Waals surface area contributed by atoms with E-state index in [-0.39, 0.29) is 6.04 Å². The van der Waals surface area contributed by atoms with Crippen LogP contribution in [-0.4, -0.2) is 25.5 Å². The van der Waals surface area contributed by atoms with Crippen molar-refractivity contribution in [2.24, 2.45) is 5.84 Å². The Bertz CT molecular complexity index is 332. The molecule has 3 nitrogen and oxygen atoms in total. The Morgan fingerprint density at radius 2 is 2.40 bits per heavy atom. The predicted octanol–water partition coefficient (Wildman–Crippen LogP) is 1.35. The zero-order valence-electron chi connectivity index (χ0n) is 8.77. The van der Waals surface area contributed by atoms with E-state index in [1.165, 1.54) is 10.5 Å². The van der Waals surface area contributed by atoms with E-state index in [9.17, 15) is 0 Å². The number of rotatable bonds is 4. The molecule has 0 aliphatic carbocycles. The molecular formula is C11H16N2OS. The minimum absolute atomic E-state index is 0.200. The quantitative estimate of drug-likeness (QED) is 0.599. The van der Waals surface area contributed by atoms with Gasteiger partial charge in [0.1, 0.15) is 0 Å². The highest BCUT2D eigenvalue weighted by Gasteiger charge is 2.29. The van der Waals surface area contributed by atoms with Gasteiger partial charge in [0.15, 0.2) is 0 Å². The third-order valence-corrected chi connectivity index (χ3v) is 3.99. The second-order valence-electron chi connectivity index (χ2n) is 3.68. The topological polar surface area (TPSA) is 47.3 Å². The van der Waals surface area contributed by atoms with Crippen LogP contribution in [0.1, 0.15) is 11.5 Å². The van der Waals surface area contributed by atoms with Crippen LogP contribution in [-0.2, 0) is 4.74 Å². The van der Waals surface area contributed by atoms with Crippen LogP contribution < -0.4 is 11.3 Å². The largest absolute Gasteiger partial charge is 0.383 e. The van der Waals surface area contributed by atoms with Crippen LogP contribution in [0.15, 0.2) is 29.2 Å². The van der Waals surface area contributed by atoms with Crippen LogP contribution in [0.5, 0.6) is 0 Å². The maximum atomic E-state index is 5.56. The zero-order chi connectivity index (χ0) is 10.7. The van der Waals surface area contributed by atoms with Gasteiger partial charge in [-0.1, -0.05) is 18.2 Å². The van der Waals surface area contributed by atoms with Gasteiger partial charge in [0, 0.05) is 23.7 Å². The van der Waals surface area contributed by atoms with E-state index in [1.54, 1.807) is 7.11 Å². The fourth-order valence-corrected chi connectivity index (χ4v) is 3.31. The molecular weight excluding hydrogens is 208 g/mol. The summed E-state index contributed by atoms with van der Waals surface area (Å²) in [4.78, 5) is 1.37. The molecule has 1 heterocycles. The van der Waals surface area contributed by atoms with E-state index in [4.69, 9.17) is 10.6 Å². The van der Waals surface area contributed by atoms with Crippen LogP contribution in [0.25, 0.3) is 0 Å². The van der Waals surface area contributed by atoms with Crippen LogP contribution in [0, 0.1) is 0 Å². The molecule has 0 bridgehead atoms. The molecule has 2 atom stereocenters. The van der Waals surface area contributed by atoms with Gasteiger partial charge >= 0.3 is 0 Å². The van der Waals surface area contributed by atoms with Crippen molar-refractivity contribution in [1.82, 2.24) is 5.43 Å². The lowest BCUT2D eigenvalue weighted by molar-refractivity contribution is 0.158. The van der Waals surface area contributed by atoms with Crippen molar-refractivity contribution in [2.75, 3.05) is 19.5 Å². The van der Waals surface area contributed by atoms with Gasteiger partial charge in [-0.15, -0.1) is 11.8 Å². The van der Waals surface area contributed by atoms with Crippen molar-refractivity contribution in [2.45, 2.75) is 16.9 Å². The van der Waals surface area contributed by atoms with E-state index < -0.39 is 0 Å². The molecule has 1 aromatic rings. The van der Waals surface area contributed by atoms with Crippen molar-refractivity contribution in [1.29, 1.82) is 0 Å². The maximum Gasteiger partial charge on any atom is 0.0635 e. The number of methoxy groups -OCH3 is 1. The third kappa shape index (κ3) is 2.18. The monoisotopic (exact) mass is 224 g/mol. The van der Waals surface area contributed by atoms with E-state index >= 15 is 0 Å². The summed E-state index contributed by atoms with van der Waals surface area (Å²) in [5.41, 5.74) is 4.24. The second-order valence-corrected chi connectivity index (χ2v) is 4.75. The molecule has 1 aromatic carbocycles. The fraction of sp³-hybridized carbons (Fsp3) is 0.455. The molecule has 4 heteroatoms. The number of thioether (sulfide) groups is 1. The third-order valence-electron chi connectivity index (χ3n) is 2.78. The number of nitrogens with one attached hydrogen (secondary N) is 1. The number of hydrogen-bond acceptors (Lipinski definition) is 4. The molecule has 2 rings (SSSR count). The molecule has 2 unspecified atom stereocenters. The highest BCUT2D eigenvalue weighted by molar-refractivity contribution is 7.99. The Morgan fingerprint density at radius 3 is 3.13 bits per heavy atom. The second kappa shape index (κ2) is 4.99. The Balaban J connectivity index is 2.18. The molecule has 0 aromatic heterocycles. The molecule has 15 heavy (non-hydrogen) atoms. The summed E-state index contributed by atoms with van der Waals surface area (Å²) in [5, 5.41) is 0. The van der Waals surface area contributed by atoms with Crippen LogP contribution in [0.4, 0.5) is 0 Å². The van der Waals surface area contributed by atoms with Gasteiger partial charge in [-0.05, 0) is 11.6 Å². The highest BCUT2D eigenvalue weighted by atomic mass is 32.2. The summed E-state index contributed by atoms with van der Waals surface area (Å²) in [6, 6.07) is 8.71. The number of hydrogen-bond donors (Lipinski definition) is 2. The molecule has 1 aliphatic heterocycles. The average Bonchev–Trinajstić information content (AvgIpc) is 2.70. The molecule has 0 saturated carbocycles. The molecule has 3 N–H and O–H groups in total. The standard InChI is InChI=1S/C11H16N2OS/c1-14-6-10(13-12)9-7-15-11-5-3-2-4-8(9)11/h2-5,9-10,13H,6-7,12H2,1H3. The summed E-state index contributed by atoms with van der Waals surface area (Å²) < 4.78 is 5.17. The van der Waals surface area contributed by atoms with Gasteiger partial charge in [-0.3, -0.25) is 11.3 Å². The predicted molar refractivity (Wildman–Crippen MR) is 62.9 cm³/mol.